The summed E-state index contributed by atoms with van der Waals surface area (Å²) in [7, 11) is 1.35. The van der Waals surface area contributed by atoms with Crippen LogP contribution in [0.2, 0.25) is 0 Å². The number of nitrogens with zero attached hydrogens (tertiary/aromatic N) is 1. The summed E-state index contributed by atoms with van der Waals surface area (Å²) in [6, 6.07) is 1.61. The van der Waals surface area contributed by atoms with Crippen LogP contribution in [0, 0.1) is 0 Å². The molecule has 0 amide bonds. The van der Waals surface area contributed by atoms with Gasteiger partial charge < -0.3 is 14.4 Å². The second kappa shape index (κ2) is 3.87. The van der Waals surface area contributed by atoms with E-state index in [1.165, 1.54) is 13.4 Å². The molecule has 0 saturated carbocycles. The van der Waals surface area contributed by atoms with Gasteiger partial charge in [-0.1, -0.05) is 5.16 Å². The molecule has 0 aliphatic rings. The Morgan fingerprint density at radius 1 is 1.92 bits per heavy atom. The molecule has 5 heteroatoms. The van der Waals surface area contributed by atoms with Gasteiger partial charge >= 0.3 is 5.97 Å². The first-order chi connectivity index (χ1) is 5.74. The van der Waals surface area contributed by atoms with Crippen LogP contribution >= 0.6 is 0 Å². The van der Waals surface area contributed by atoms with E-state index in [-0.39, 0.29) is 6.42 Å². The van der Waals surface area contributed by atoms with Crippen molar-refractivity contribution in [2.75, 3.05) is 7.11 Å². The second-order valence-corrected chi connectivity index (χ2v) is 2.26. The Hall–Kier alpha value is -1.36. The van der Waals surface area contributed by atoms with Gasteiger partial charge in [0.2, 0.25) is 0 Å². The number of carboxylic acids is 1. The maximum Gasteiger partial charge on any atom is 0.333 e. The fourth-order valence-corrected chi connectivity index (χ4v) is 0.804. The van der Waals surface area contributed by atoms with Crippen LogP contribution in [0.4, 0.5) is 0 Å². The molecule has 0 aliphatic heterocycles. The standard InChI is InChI=1S/C7H9NO4/c1-11-6(7(9)10)4-5-2-3-12-8-5/h2-3,6H,4H2,1H3,(H,9,10). The molecule has 1 rings (SSSR count). The van der Waals surface area contributed by atoms with Gasteiger partial charge in [0, 0.05) is 19.6 Å². The highest BCUT2D eigenvalue weighted by atomic mass is 16.5. The molecule has 66 valence electrons. The molecule has 0 spiro atoms. The topological polar surface area (TPSA) is 72.6 Å². The van der Waals surface area contributed by atoms with E-state index in [0.29, 0.717) is 5.69 Å². The molecule has 0 fully saturated rings. The van der Waals surface area contributed by atoms with E-state index < -0.39 is 12.1 Å². The zero-order valence-electron chi connectivity index (χ0n) is 6.56. The fourth-order valence-electron chi connectivity index (χ4n) is 0.804. The third-order valence-corrected chi connectivity index (χ3v) is 1.45. The normalized spacial score (nSPS) is 12.8. The molecule has 0 aliphatic carbocycles. The Balaban J connectivity index is 2.54. The molecule has 5 nitrogen and oxygen atoms in total. The molecule has 0 aromatic carbocycles. The van der Waals surface area contributed by atoms with E-state index in [0.717, 1.165) is 0 Å². The van der Waals surface area contributed by atoms with Gasteiger partial charge in [-0.05, 0) is 0 Å². The van der Waals surface area contributed by atoms with Crippen LogP contribution in [0.3, 0.4) is 0 Å². The predicted molar refractivity (Wildman–Crippen MR) is 38.6 cm³/mol. The van der Waals surface area contributed by atoms with E-state index in [2.05, 4.69) is 9.68 Å². The minimum Gasteiger partial charge on any atom is -0.479 e. The molecule has 12 heavy (non-hydrogen) atoms. The lowest BCUT2D eigenvalue weighted by Gasteiger charge is -2.06. The van der Waals surface area contributed by atoms with E-state index in [4.69, 9.17) is 9.84 Å². The minimum absolute atomic E-state index is 0.225. The van der Waals surface area contributed by atoms with Crippen LogP contribution < -0.4 is 0 Å². The van der Waals surface area contributed by atoms with Crippen molar-refractivity contribution in [2.24, 2.45) is 0 Å². The van der Waals surface area contributed by atoms with Crippen molar-refractivity contribution in [3.05, 3.63) is 18.0 Å². The molecule has 1 N–H and O–H groups in total. The molecule has 1 unspecified atom stereocenters. The number of hydrogen-bond donors (Lipinski definition) is 1. The zero-order valence-corrected chi connectivity index (χ0v) is 6.56. The van der Waals surface area contributed by atoms with E-state index >= 15 is 0 Å². The summed E-state index contributed by atoms with van der Waals surface area (Å²) in [6.45, 7) is 0. The van der Waals surface area contributed by atoms with E-state index in [1.807, 2.05) is 0 Å². The summed E-state index contributed by atoms with van der Waals surface area (Å²) >= 11 is 0. The van der Waals surface area contributed by atoms with Gasteiger partial charge in [-0.15, -0.1) is 0 Å². The number of carboxylic acid groups (broad SMARTS) is 1. The zero-order chi connectivity index (χ0) is 8.97. The highest BCUT2D eigenvalue weighted by Crippen LogP contribution is 2.02. The summed E-state index contributed by atoms with van der Waals surface area (Å²) < 4.78 is 9.24. The van der Waals surface area contributed by atoms with Crippen LogP contribution in [-0.2, 0) is 16.0 Å². The number of carbonyl (C=O) groups is 1. The molecule has 1 aromatic rings. The molecule has 1 heterocycles. The third kappa shape index (κ3) is 2.06. The Labute approximate surface area is 68.9 Å². The quantitative estimate of drug-likeness (QED) is 0.706. The van der Waals surface area contributed by atoms with Crippen molar-refractivity contribution in [1.29, 1.82) is 0 Å². The Morgan fingerprint density at radius 3 is 3.08 bits per heavy atom. The average molecular weight is 171 g/mol. The van der Waals surface area contributed by atoms with E-state index in [9.17, 15) is 4.79 Å². The van der Waals surface area contributed by atoms with Crippen LogP contribution in [-0.4, -0.2) is 29.4 Å². The first kappa shape index (κ1) is 8.73. The summed E-state index contributed by atoms with van der Waals surface area (Å²) in [5, 5.41) is 12.2. The number of ether oxygens (including phenoxy) is 1. The maximum atomic E-state index is 10.5. The van der Waals surface area contributed by atoms with Crippen molar-refractivity contribution < 1.29 is 19.2 Å². The fraction of sp³-hybridized carbons (Fsp3) is 0.429. The van der Waals surface area contributed by atoms with Crippen molar-refractivity contribution in [2.45, 2.75) is 12.5 Å². The van der Waals surface area contributed by atoms with Crippen LogP contribution in [0.1, 0.15) is 5.69 Å². The molecular formula is C7H9NO4. The molecular weight excluding hydrogens is 162 g/mol. The number of hydrogen-bond acceptors (Lipinski definition) is 4. The first-order valence-electron chi connectivity index (χ1n) is 3.39. The van der Waals surface area contributed by atoms with Gasteiger partial charge in [0.25, 0.3) is 0 Å². The maximum absolute atomic E-state index is 10.5. The Morgan fingerprint density at radius 2 is 2.67 bits per heavy atom. The molecule has 1 aromatic heterocycles. The summed E-state index contributed by atoms with van der Waals surface area (Å²) in [4.78, 5) is 10.5. The SMILES string of the molecule is COC(Cc1ccon1)C(=O)O. The van der Waals surface area contributed by atoms with Crippen LogP contribution in [0.5, 0.6) is 0 Å². The monoisotopic (exact) mass is 171 g/mol. The molecule has 1 atom stereocenters. The van der Waals surface area contributed by atoms with E-state index in [1.54, 1.807) is 6.07 Å². The average Bonchev–Trinajstić information content (AvgIpc) is 2.51. The van der Waals surface area contributed by atoms with Crippen LogP contribution in [0.15, 0.2) is 16.9 Å². The lowest BCUT2D eigenvalue weighted by atomic mass is 10.2. The van der Waals surface area contributed by atoms with Gasteiger partial charge in [-0.2, -0.15) is 0 Å². The van der Waals surface area contributed by atoms with Crippen molar-refractivity contribution in [1.82, 2.24) is 5.16 Å². The first-order valence-corrected chi connectivity index (χ1v) is 3.39. The Bertz CT molecular complexity index is 244. The number of aliphatic carboxylic acids is 1. The lowest BCUT2D eigenvalue weighted by Crippen LogP contribution is -2.24. The number of methoxy groups -OCH3 is 1. The highest BCUT2D eigenvalue weighted by Gasteiger charge is 2.17. The molecule has 0 radical (unpaired) electrons. The largest absolute Gasteiger partial charge is 0.479 e. The van der Waals surface area contributed by atoms with Crippen molar-refractivity contribution >= 4 is 5.97 Å². The van der Waals surface area contributed by atoms with Crippen LogP contribution in [0.25, 0.3) is 0 Å². The highest BCUT2D eigenvalue weighted by molar-refractivity contribution is 5.72. The summed E-state index contributed by atoms with van der Waals surface area (Å²) in [5.41, 5.74) is 0.573. The lowest BCUT2D eigenvalue weighted by molar-refractivity contribution is -0.148. The van der Waals surface area contributed by atoms with Crippen molar-refractivity contribution in [3.8, 4) is 0 Å². The van der Waals surface area contributed by atoms with Gasteiger partial charge in [0.05, 0.1) is 5.69 Å². The van der Waals surface area contributed by atoms with Crippen molar-refractivity contribution in [3.63, 3.8) is 0 Å². The van der Waals surface area contributed by atoms with Gasteiger partial charge in [0.1, 0.15) is 6.26 Å². The minimum atomic E-state index is -1.000. The molecule has 0 saturated heterocycles. The predicted octanol–water partition coefficient (Wildman–Crippen LogP) is 0.317. The summed E-state index contributed by atoms with van der Waals surface area (Å²) in [5.74, 6) is -1.000. The van der Waals surface area contributed by atoms with Gasteiger partial charge in [0.15, 0.2) is 6.10 Å². The van der Waals surface area contributed by atoms with Gasteiger partial charge in [-0.25, -0.2) is 4.79 Å². The number of rotatable bonds is 4. The smallest absolute Gasteiger partial charge is 0.333 e. The Kier molecular flexibility index (Phi) is 2.82. The van der Waals surface area contributed by atoms with Gasteiger partial charge in [-0.3, -0.25) is 0 Å². The third-order valence-electron chi connectivity index (χ3n) is 1.45. The summed E-state index contributed by atoms with van der Waals surface area (Å²) in [6.07, 6.45) is 0.766. The number of aromatic nitrogens is 1. The molecule has 0 bridgehead atoms. The second-order valence-electron chi connectivity index (χ2n) is 2.26.